The van der Waals surface area contributed by atoms with E-state index < -0.39 is 57.5 Å². The predicted octanol–water partition coefficient (Wildman–Crippen LogP) is 6.72. The summed E-state index contributed by atoms with van der Waals surface area (Å²) in [6.07, 6.45) is -5.19. The number of carbonyl (C=O) groups is 3. The Morgan fingerprint density at radius 3 is 1.95 bits per heavy atom. The Kier molecular flexibility index (Phi) is 9.50. The molecule has 204 valence electrons. The van der Waals surface area contributed by atoms with Gasteiger partial charge in [0.25, 0.3) is 0 Å². The summed E-state index contributed by atoms with van der Waals surface area (Å²) >= 11 is 0. The maximum absolute atomic E-state index is 13.8. The molecule has 1 N–H and O–H groups in total. The van der Waals surface area contributed by atoms with E-state index in [0.29, 0.717) is 0 Å². The Labute approximate surface area is 218 Å². The number of furan rings is 1. The highest BCUT2D eigenvalue weighted by Crippen LogP contribution is 2.43. The SMILES string of the molecule is CC.CC(C)C.COc1cc(C(=O)c2c(C(F)(F)F)oc3c2C(=O)c2ccccc2C3=O)cc(O)c1OC. The first-order chi connectivity index (χ1) is 17.8. The van der Waals surface area contributed by atoms with Crippen molar-refractivity contribution in [1.29, 1.82) is 0 Å². The van der Waals surface area contributed by atoms with Crippen molar-refractivity contribution < 1.29 is 46.6 Å². The number of hydrogen-bond donors (Lipinski definition) is 1. The number of alkyl halides is 3. The summed E-state index contributed by atoms with van der Waals surface area (Å²) in [6.45, 7) is 10.5. The van der Waals surface area contributed by atoms with E-state index in [4.69, 9.17) is 13.9 Å². The van der Waals surface area contributed by atoms with Gasteiger partial charge in [-0.15, -0.1) is 0 Å². The van der Waals surface area contributed by atoms with Gasteiger partial charge in [0.2, 0.25) is 17.3 Å². The highest BCUT2D eigenvalue weighted by molar-refractivity contribution is 6.31. The van der Waals surface area contributed by atoms with Crippen LogP contribution in [0.25, 0.3) is 0 Å². The van der Waals surface area contributed by atoms with Crippen LogP contribution in [0, 0.1) is 5.92 Å². The van der Waals surface area contributed by atoms with Gasteiger partial charge in [-0.3, -0.25) is 14.4 Å². The van der Waals surface area contributed by atoms with Crippen LogP contribution in [0.2, 0.25) is 0 Å². The van der Waals surface area contributed by atoms with Crippen LogP contribution in [0.3, 0.4) is 0 Å². The van der Waals surface area contributed by atoms with Crippen molar-refractivity contribution in [2.24, 2.45) is 5.92 Å². The standard InChI is InChI=1S/C22H13F3O7.C4H10.C2H6/c1-30-13-8-9(7-12(26)19(13)31-2)16(27)15-14-17(28)10-5-3-4-6-11(10)18(29)20(14)32-21(15)22(23,24)25;1-4(2)3;1-2/h3-8,26H,1-2H3;4H,1-3H3;1-2H3. The smallest absolute Gasteiger partial charge is 0.450 e. The van der Waals surface area contributed by atoms with Crippen molar-refractivity contribution in [2.45, 2.75) is 40.8 Å². The number of fused-ring (bicyclic) bond motifs is 2. The van der Waals surface area contributed by atoms with Crippen LogP contribution >= 0.6 is 0 Å². The van der Waals surface area contributed by atoms with E-state index in [1.165, 1.54) is 38.5 Å². The number of rotatable bonds is 4. The fraction of sp³-hybridized carbons (Fsp3) is 0.321. The van der Waals surface area contributed by atoms with E-state index in [-0.39, 0.29) is 22.6 Å². The number of aromatic hydroxyl groups is 1. The summed E-state index contributed by atoms with van der Waals surface area (Å²) < 4.78 is 56.1. The minimum Gasteiger partial charge on any atom is -0.504 e. The number of ether oxygens (including phenoxy) is 2. The minimum absolute atomic E-state index is 0.129. The van der Waals surface area contributed by atoms with Crippen LogP contribution in [0.5, 0.6) is 17.2 Å². The zero-order valence-corrected chi connectivity index (χ0v) is 22.1. The van der Waals surface area contributed by atoms with Crippen LogP contribution in [-0.4, -0.2) is 36.7 Å². The second-order valence-electron chi connectivity index (χ2n) is 8.50. The van der Waals surface area contributed by atoms with Crippen LogP contribution in [-0.2, 0) is 6.18 Å². The van der Waals surface area contributed by atoms with E-state index in [2.05, 4.69) is 20.8 Å². The molecule has 0 spiro atoms. The molecule has 7 nitrogen and oxygen atoms in total. The first-order valence-electron chi connectivity index (χ1n) is 11.8. The van der Waals surface area contributed by atoms with Gasteiger partial charge in [0.1, 0.15) is 0 Å². The molecule has 1 aliphatic carbocycles. The van der Waals surface area contributed by atoms with Crippen LogP contribution < -0.4 is 9.47 Å². The van der Waals surface area contributed by atoms with Gasteiger partial charge < -0.3 is 19.0 Å². The number of phenols is 1. The number of methoxy groups -OCH3 is 2. The molecular weight excluding hydrogens is 505 g/mol. The maximum Gasteiger partial charge on any atom is 0.450 e. The monoisotopic (exact) mass is 534 g/mol. The highest BCUT2D eigenvalue weighted by Gasteiger charge is 2.47. The Hall–Kier alpha value is -4.08. The Morgan fingerprint density at radius 2 is 1.47 bits per heavy atom. The zero-order valence-electron chi connectivity index (χ0n) is 22.1. The molecule has 2 aromatic carbocycles. The number of benzene rings is 2. The van der Waals surface area contributed by atoms with Crippen molar-refractivity contribution in [3.63, 3.8) is 0 Å². The lowest BCUT2D eigenvalue weighted by Gasteiger charge is -2.14. The first kappa shape index (κ1) is 30.1. The second-order valence-corrected chi connectivity index (χ2v) is 8.50. The van der Waals surface area contributed by atoms with Crippen molar-refractivity contribution in [3.8, 4) is 17.2 Å². The predicted molar refractivity (Wildman–Crippen MR) is 134 cm³/mol. The van der Waals surface area contributed by atoms with E-state index in [1.54, 1.807) is 0 Å². The lowest BCUT2D eigenvalue weighted by atomic mass is 9.84. The van der Waals surface area contributed by atoms with Gasteiger partial charge in [0.05, 0.1) is 25.3 Å². The topological polar surface area (TPSA) is 103 Å². The molecule has 0 aliphatic heterocycles. The quantitative estimate of drug-likeness (QED) is 0.290. The fourth-order valence-corrected chi connectivity index (χ4v) is 3.58. The lowest BCUT2D eigenvalue weighted by molar-refractivity contribution is -0.153. The number of phenolic OH excluding ortho intramolecular Hbond substituents is 1. The van der Waals surface area contributed by atoms with Crippen molar-refractivity contribution >= 4 is 17.3 Å². The normalized spacial score (nSPS) is 12.0. The molecule has 0 saturated heterocycles. The number of hydrogen-bond acceptors (Lipinski definition) is 7. The summed E-state index contributed by atoms with van der Waals surface area (Å²) in [5, 5.41) is 10.1. The summed E-state index contributed by atoms with van der Waals surface area (Å²) in [5.41, 5.74) is -2.61. The van der Waals surface area contributed by atoms with Crippen LogP contribution in [0.1, 0.15) is 88.3 Å². The summed E-state index contributed by atoms with van der Waals surface area (Å²) in [4.78, 5) is 39.0. The third kappa shape index (κ3) is 5.74. The van der Waals surface area contributed by atoms with Crippen LogP contribution in [0.4, 0.5) is 13.2 Å². The third-order valence-corrected chi connectivity index (χ3v) is 4.96. The van der Waals surface area contributed by atoms with Gasteiger partial charge in [-0.05, 0) is 18.1 Å². The summed E-state index contributed by atoms with van der Waals surface area (Å²) in [6, 6.07) is 7.35. The molecule has 0 atom stereocenters. The fourth-order valence-electron chi connectivity index (χ4n) is 3.58. The van der Waals surface area contributed by atoms with Gasteiger partial charge >= 0.3 is 6.18 Å². The van der Waals surface area contributed by atoms with Gasteiger partial charge in [0, 0.05) is 16.7 Å². The Balaban J connectivity index is 0.000000773. The average Bonchev–Trinajstić information content (AvgIpc) is 3.29. The number of ketones is 3. The number of halogens is 3. The van der Waals surface area contributed by atoms with Crippen LogP contribution in [0.15, 0.2) is 40.8 Å². The lowest BCUT2D eigenvalue weighted by Crippen LogP contribution is -2.22. The molecule has 1 heterocycles. The zero-order chi connectivity index (χ0) is 28.9. The molecule has 0 saturated carbocycles. The summed E-state index contributed by atoms with van der Waals surface area (Å²) in [7, 11) is 2.42. The minimum atomic E-state index is -5.19. The van der Waals surface area contributed by atoms with Crippen molar-refractivity contribution in [1.82, 2.24) is 0 Å². The molecule has 10 heteroatoms. The summed E-state index contributed by atoms with van der Waals surface area (Å²) in [5.74, 6) is -5.86. The van der Waals surface area contributed by atoms with Gasteiger partial charge in [-0.2, -0.15) is 13.2 Å². The second kappa shape index (κ2) is 12.0. The van der Waals surface area contributed by atoms with E-state index in [9.17, 15) is 32.7 Å². The molecule has 0 unspecified atom stereocenters. The average molecular weight is 535 g/mol. The van der Waals surface area contributed by atoms with Crippen molar-refractivity contribution in [2.75, 3.05) is 14.2 Å². The molecule has 1 aromatic heterocycles. The van der Waals surface area contributed by atoms with Crippen molar-refractivity contribution in [3.05, 3.63) is 75.7 Å². The molecule has 0 radical (unpaired) electrons. The maximum atomic E-state index is 13.8. The molecular formula is C28H29F3O7. The molecule has 38 heavy (non-hydrogen) atoms. The first-order valence-corrected chi connectivity index (χ1v) is 11.8. The molecule has 3 aromatic rings. The van der Waals surface area contributed by atoms with Gasteiger partial charge in [-0.25, -0.2) is 0 Å². The largest absolute Gasteiger partial charge is 0.504 e. The molecule has 0 bridgehead atoms. The van der Waals surface area contributed by atoms with Gasteiger partial charge in [-0.1, -0.05) is 58.9 Å². The third-order valence-electron chi connectivity index (χ3n) is 4.96. The Morgan fingerprint density at radius 1 is 0.947 bits per heavy atom. The van der Waals surface area contributed by atoms with E-state index >= 15 is 0 Å². The highest BCUT2D eigenvalue weighted by atomic mass is 19.4. The molecule has 1 aliphatic rings. The van der Waals surface area contributed by atoms with E-state index in [1.807, 2.05) is 13.8 Å². The van der Waals surface area contributed by atoms with E-state index in [0.717, 1.165) is 18.1 Å². The molecule has 4 rings (SSSR count). The molecule has 0 amide bonds. The van der Waals surface area contributed by atoms with Gasteiger partial charge in [0.15, 0.2) is 28.8 Å². The molecule has 0 fully saturated rings. The Bertz CT molecular complexity index is 1350. The number of carbonyl (C=O) groups excluding carboxylic acids is 3.